The number of carbonyl (C=O) groups is 2. The van der Waals surface area contributed by atoms with E-state index < -0.39 is 39.3 Å². The van der Waals surface area contributed by atoms with Gasteiger partial charge in [0.1, 0.15) is 5.60 Å². The summed E-state index contributed by atoms with van der Waals surface area (Å²) < 4.78 is 36.8. The van der Waals surface area contributed by atoms with Gasteiger partial charge in [0.2, 0.25) is 0 Å². The molecule has 0 fully saturated rings. The van der Waals surface area contributed by atoms with Gasteiger partial charge in [-0.05, 0) is 25.7 Å². The molecule has 0 bridgehead atoms. The topological polar surface area (TPSA) is 118 Å². The zero-order valence-electron chi connectivity index (χ0n) is 14.1. The molecule has 0 aliphatic carbocycles. The van der Waals surface area contributed by atoms with E-state index in [1.165, 1.54) is 0 Å². The van der Waals surface area contributed by atoms with Crippen LogP contribution in [0.2, 0.25) is 0 Å². The van der Waals surface area contributed by atoms with Crippen LogP contribution in [0, 0.1) is 0 Å². The van der Waals surface area contributed by atoms with Gasteiger partial charge in [-0.15, -0.1) is 0 Å². The zero-order valence-corrected chi connectivity index (χ0v) is 17.9. The van der Waals surface area contributed by atoms with E-state index in [9.17, 15) is 18.0 Å². The molecule has 0 spiro atoms. The monoisotopic (exact) mass is 402 g/mol. The molecule has 0 saturated carbocycles. The molecule has 0 aromatic rings. The Kier molecular flexibility index (Phi) is 11.9. The molecule has 132 valence electrons. The summed E-state index contributed by atoms with van der Waals surface area (Å²) in [5, 5.41) is 6.61. The first-order chi connectivity index (χ1) is 10.1. The van der Waals surface area contributed by atoms with Crippen LogP contribution >= 0.6 is 0 Å². The SMILES string of the molecule is CCCCCC(CC)(CC)OC(=O)C(CC(=O)O)S(=O)(=O)O.[Zn]. The van der Waals surface area contributed by atoms with Crippen molar-refractivity contribution in [2.45, 2.75) is 76.6 Å². The Bertz CT molecular complexity index is 472. The Labute approximate surface area is 150 Å². The van der Waals surface area contributed by atoms with E-state index in [0.29, 0.717) is 19.3 Å². The maximum absolute atomic E-state index is 12.1. The summed E-state index contributed by atoms with van der Waals surface area (Å²) in [6, 6.07) is 0. The summed E-state index contributed by atoms with van der Waals surface area (Å²) >= 11 is 0. The van der Waals surface area contributed by atoms with Crippen molar-refractivity contribution >= 4 is 22.1 Å². The Morgan fingerprint density at radius 3 is 2.00 bits per heavy atom. The molecule has 1 atom stereocenters. The third kappa shape index (κ3) is 8.77. The number of carboxylic acids is 1. The molecule has 0 saturated heterocycles. The van der Waals surface area contributed by atoms with Crippen LogP contribution in [-0.2, 0) is 43.9 Å². The second kappa shape index (κ2) is 11.1. The van der Waals surface area contributed by atoms with Crippen molar-refractivity contribution in [1.29, 1.82) is 0 Å². The second-order valence-electron chi connectivity index (χ2n) is 5.37. The number of hydrogen-bond donors (Lipinski definition) is 2. The Hall–Kier alpha value is -0.527. The van der Waals surface area contributed by atoms with Gasteiger partial charge in [-0.3, -0.25) is 14.1 Å². The molecule has 23 heavy (non-hydrogen) atoms. The number of esters is 1. The molecule has 0 aromatic carbocycles. The maximum Gasteiger partial charge on any atom is 0.328 e. The van der Waals surface area contributed by atoms with E-state index in [1.807, 2.05) is 20.8 Å². The fourth-order valence-corrected chi connectivity index (χ4v) is 2.89. The first-order valence-electron chi connectivity index (χ1n) is 7.52. The number of ether oxygens (including phenoxy) is 1. The average Bonchev–Trinajstić information content (AvgIpc) is 2.42. The van der Waals surface area contributed by atoms with E-state index >= 15 is 0 Å². The molecule has 0 radical (unpaired) electrons. The van der Waals surface area contributed by atoms with Gasteiger partial charge in [-0.2, -0.15) is 8.42 Å². The van der Waals surface area contributed by atoms with E-state index in [1.54, 1.807) is 0 Å². The third-order valence-corrected chi connectivity index (χ3v) is 4.90. The molecule has 0 amide bonds. The fourth-order valence-electron chi connectivity index (χ4n) is 2.24. The van der Waals surface area contributed by atoms with Gasteiger partial charge < -0.3 is 9.84 Å². The van der Waals surface area contributed by atoms with E-state index in [0.717, 1.165) is 19.3 Å². The molecule has 0 heterocycles. The van der Waals surface area contributed by atoms with Crippen LogP contribution in [0.5, 0.6) is 0 Å². The summed E-state index contributed by atoms with van der Waals surface area (Å²) in [4.78, 5) is 22.8. The van der Waals surface area contributed by atoms with Crippen molar-refractivity contribution in [3.8, 4) is 0 Å². The third-order valence-electron chi connectivity index (χ3n) is 3.82. The van der Waals surface area contributed by atoms with Gasteiger partial charge in [-0.25, -0.2) is 0 Å². The van der Waals surface area contributed by atoms with Crippen LogP contribution in [0.1, 0.15) is 65.7 Å². The number of aliphatic carboxylic acids is 1. The predicted molar refractivity (Wildman–Crippen MR) is 81.1 cm³/mol. The quantitative estimate of drug-likeness (QED) is 0.235. The molecule has 1 unspecified atom stereocenters. The van der Waals surface area contributed by atoms with Gasteiger partial charge >= 0.3 is 11.9 Å². The maximum atomic E-state index is 12.1. The Balaban J connectivity index is 0. The molecule has 0 aromatic heterocycles. The van der Waals surface area contributed by atoms with Crippen molar-refractivity contribution in [1.82, 2.24) is 0 Å². The van der Waals surface area contributed by atoms with Crippen LogP contribution in [-0.4, -0.2) is 40.9 Å². The van der Waals surface area contributed by atoms with Crippen LogP contribution < -0.4 is 0 Å². The normalized spacial score (nSPS) is 13.0. The Morgan fingerprint density at radius 2 is 1.65 bits per heavy atom. The summed E-state index contributed by atoms with van der Waals surface area (Å²) in [6.45, 7) is 5.68. The van der Waals surface area contributed by atoms with Gasteiger partial charge in [0.05, 0.1) is 6.42 Å². The van der Waals surface area contributed by atoms with E-state index in [2.05, 4.69) is 0 Å². The molecular weight excluding hydrogens is 378 g/mol. The van der Waals surface area contributed by atoms with E-state index in [4.69, 9.17) is 14.4 Å². The summed E-state index contributed by atoms with van der Waals surface area (Å²) in [5.74, 6) is -2.70. The van der Waals surface area contributed by atoms with Crippen molar-refractivity contribution in [3.05, 3.63) is 0 Å². The minimum atomic E-state index is -4.83. The number of unbranched alkanes of at least 4 members (excludes halogenated alkanes) is 2. The summed E-state index contributed by atoms with van der Waals surface area (Å²) in [7, 11) is -4.83. The fraction of sp³-hybridized carbons (Fsp3) is 0.857. The second-order valence-corrected chi connectivity index (χ2v) is 6.97. The predicted octanol–water partition coefficient (Wildman–Crippen LogP) is 2.40. The van der Waals surface area contributed by atoms with Crippen molar-refractivity contribution in [2.24, 2.45) is 0 Å². The number of hydrogen-bond acceptors (Lipinski definition) is 5. The van der Waals surface area contributed by atoms with E-state index in [-0.39, 0.29) is 19.5 Å². The average molecular weight is 404 g/mol. The van der Waals surface area contributed by atoms with Crippen LogP contribution in [0.25, 0.3) is 0 Å². The van der Waals surface area contributed by atoms with Gasteiger partial charge in [0, 0.05) is 19.5 Å². The van der Waals surface area contributed by atoms with Crippen LogP contribution in [0.15, 0.2) is 0 Å². The van der Waals surface area contributed by atoms with Crippen LogP contribution in [0.4, 0.5) is 0 Å². The molecular formula is C14H26O7SZn. The molecule has 0 rings (SSSR count). The van der Waals surface area contributed by atoms with Crippen molar-refractivity contribution in [3.63, 3.8) is 0 Å². The summed E-state index contributed by atoms with van der Waals surface area (Å²) in [5.41, 5.74) is -0.826. The van der Waals surface area contributed by atoms with Gasteiger partial charge in [0.15, 0.2) is 5.25 Å². The molecule has 7 nitrogen and oxygen atoms in total. The molecule has 0 aliphatic rings. The first-order valence-corrected chi connectivity index (χ1v) is 9.03. The smallest absolute Gasteiger partial charge is 0.328 e. The van der Waals surface area contributed by atoms with Crippen LogP contribution in [0.3, 0.4) is 0 Å². The molecule has 2 N–H and O–H groups in total. The molecule has 0 aliphatic heterocycles. The number of carbonyl (C=O) groups excluding carboxylic acids is 1. The summed E-state index contributed by atoms with van der Waals surface area (Å²) in [6.07, 6.45) is 3.30. The first kappa shape index (κ1) is 24.7. The van der Waals surface area contributed by atoms with Crippen molar-refractivity contribution in [2.75, 3.05) is 0 Å². The number of carboxylic acid groups (broad SMARTS) is 1. The van der Waals surface area contributed by atoms with Gasteiger partial charge in [-0.1, -0.05) is 33.6 Å². The van der Waals surface area contributed by atoms with Crippen molar-refractivity contribution < 1.29 is 51.9 Å². The minimum absolute atomic E-state index is 0. The van der Waals surface area contributed by atoms with Gasteiger partial charge in [0.25, 0.3) is 10.1 Å². The molecule has 9 heteroatoms. The minimum Gasteiger partial charge on any atom is -0.481 e. The number of rotatable bonds is 11. The standard InChI is InChI=1S/C14H26O7S.Zn/c1-4-7-8-9-14(5-2,6-3)21-13(17)11(10-12(15)16)22(18,19)20;/h11H,4-10H2,1-3H3,(H,15,16)(H,18,19,20);. The Morgan fingerprint density at radius 1 is 1.13 bits per heavy atom. The zero-order chi connectivity index (χ0) is 17.4. The largest absolute Gasteiger partial charge is 0.481 e.